The minimum absolute atomic E-state index is 0.246. The first-order chi connectivity index (χ1) is 10.2. The zero-order chi connectivity index (χ0) is 14.7. The molecule has 1 aromatic rings. The first-order valence-electron chi connectivity index (χ1n) is 8.32. The lowest BCUT2D eigenvalue weighted by Crippen LogP contribution is -2.50. The summed E-state index contributed by atoms with van der Waals surface area (Å²) in [5.74, 6) is 0.752. The van der Waals surface area contributed by atoms with Crippen molar-refractivity contribution in [3.05, 3.63) is 34.3 Å². The van der Waals surface area contributed by atoms with Crippen molar-refractivity contribution in [2.24, 2.45) is 5.92 Å². The second-order valence-corrected chi connectivity index (χ2v) is 7.55. The molecule has 1 N–H and O–H groups in total. The third-order valence-corrected chi connectivity index (χ3v) is 5.73. The van der Waals surface area contributed by atoms with Crippen molar-refractivity contribution in [1.82, 2.24) is 5.32 Å². The standard InChI is InChI=1S/C18H26BrNO/c1-2-20-17(12-14-4-6-16(19)7-5-14)15-8-11-21-18(13-15)9-3-10-18/h4-7,15,17,20H,2-3,8-13H2,1H3. The van der Waals surface area contributed by atoms with Gasteiger partial charge in [0.25, 0.3) is 0 Å². The second-order valence-electron chi connectivity index (χ2n) is 6.63. The maximum absolute atomic E-state index is 6.09. The topological polar surface area (TPSA) is 21.3 Å². The fourth-order valence-corrected chi connectivity index (χ4v) is 4.14. The van der Waals surface area contributed by atoms with Gasteiger partial charge in [0.15, 0.2) is 0 Å². The maximum Gasteiger partial charge on any atom is 0.0685 e. The third kappa shape index (κ3) is 3.69. The van der Waals surface area contributed by atoms with Gasteiger partial charge >= 0.3 is 0 Å². The van der Waals surface area contributed by atoms with Gasteiger partial charge < -0.3 is 10.1 Å². The molecule has 1 aliphatic carbocycles. The van der Waals surface area contributed by atoms with E-state index in [-0.39, 0.29) is 5.60 Å². The average Bonchev–Trinajstić information content (AvgIpc) is 2.47. The van der Waals surface area contributed by atoms with Crippen LogP contribution in [0.3, 0.4) is 0 Å². The van der Waals surface area contributed by atoms with Crippen molar-refractivity contribution < 1.29 is 4.74 Å². The van der Waals surface area contributed by atoms with E-state index in [1.54, 1.807) is 0 Å². The molecule has 1 saturated heterocycles. The monoisotopic (exact) mass is 351 g/mol. The van der Waals surface area contributed by atoms with E-state index in [4.69, 9.17) is 4.74 Å². The number of benzene rings is 1. The van der Waals surface area contributed by atoms with E-state index in [2.05, 4.69) is 52.4 Å². The van der Waals surface area contributed by atoms with E-state index in [0.29, 0.717) is 6.04 Å². The van der Waals surface area contributed by atoms with Crippen molar-refractivity contribution in [2.45, 2.75) is 57.1 Å². The third-order valence-electron chi connectivity index (χ3n) is 5.20. The van der Waals surface area contributed by atoms with Crippen LogP contribution in [0.25, 0.3) is 0 Å². The summed E-state index contributed by atoms with van der Waals surface area (Å²) in [5, 5.41) is 3.73. The predicted molar refractivity (Wildman–Crippen MR) is 90.6 cm³/mol. The zero-order valence-electron chi connectivity index (χ0n) is 12.9. The van der Waals surface area contributed by atoms with E-state index >= 15 is 0 Å². The van der Waals surface area contributed by atoms with Gasteiger partial charge in [-0.15, -0.1) is 0 Å². The zero-order valence-corrected chi connectivity index (χ0v) is 14.5. The van der Waals surface area contributed by atoms with Crippen LogP contribution in [-0.4, -0.2) is 24.8 Å². The van der Waals surface area contributed by atoms with Crippen molar-refractivity contribution in [3.8, 4) is 0 Å². The van der Waals surface area contributed by atoms with Crippen LogP contribution in [0, 0.1) is 5.92 Å². The SMILES string of the molecule is CCNC(Cc1ccc(Br)cc1)C1CCOC2(CCC2)C1. The highest BCUT2D eigenvalue weighted by Crippen LogP contribution is 2.45. The Kier molecular flexibility index (Phi) is 5.03. The van der Waals surface area contributed by atoms with E-state index in [1.807, 2.05) is 0 Å². The molecule has 2 aliphatic rings. The normalized spacial score (nSPS) is 25.5. The molecule has 3 heteroatoms. The molecule has 2 fully saturated rings. The molecule has 116 valence electrons. The van der Waals surface area contributed by atoms with Gasteiger partial charge in [0.2, 0.25) is 0 Å². The highest BCUT2D eigenvalue weighted by atomic mass is 79.9. The fourth-order valence-electron chi connectivity index (χ4n) is 3.87. The van der Waals surface area contributed by atoms with Crippen LogP contribution in [0.4, 0.5) is 0 Å². The Labute approximate surface area is 136 Å². The van der Waals surface area contributed by atoms with Crippen molar-refractivity contribution >= 4 is 15.9 Å². The Morgan fingerprint density at radius 3 is 2.71 bits per heavy atom. The molecule has 0 radical (unpaired) electrons. The summed E-state index contributed by atoms with van der Waals surface area (Å²) in [5.41, 5.74) is 1.68. The summed E-state index contributed by atoms with van der Waals surface area (Å²) in [4.78, 5) is 0. The van der Waals surface area contributed by atoms with Gasteiger partial charge in [-0.05, 0) is 68.7 Å². The largest absolute Gasteiger partial charge is 0.375 e. The lowest BCUT2D eigenvalue weighted by molar-refractivity contribution is -0.147. The molecule has 2 unspecified atom stereocenters. The van der Waals surface area contributed by atoms with Crippen LogP contribution in [0.1, 0.15) is 44.6 Å². The predicted octanol–water partition coefficient (Wildman–Crippen LogP) is 4.32. The van der Waals surface area contributed by atoms with Crippen molar-refractivity contribution in [1.29, 1.82) is 0 Å². The van der Waals surface area contributed by atoms with E-state index in [1.165, 1.54) is 37.7 Å². The Morgan fingerprint density at radius 2 is 2.10 bits per heavy atom. The highest BCUT2D eigenvalue weighted by molar-refractivity contribution is 9.10. The smallest absolute Gasteiger partial charge is 0.0685 e. The Morgan fingerprint density at radius 1 is 1.33 bits per heavy atom. The molecule has 2 nitrogen and oxygen atoms in total. The molecule has 1 aliphatic heterocycles. The van der Waals surface area contributed by atoms with E-state index < -0.39 is 0 Å². The molecule has 21 heavy (non-hydrogen) atoms. The minimum atomic E-state index is 0.246. The van der Waals surface area contributed by atoms with Gasteiger partial charge in [-0.3, -0.25) is 0 Å². The van der Waals surface area contributed by atoms with Gasteiger partial charge in [0, 0.05) is 17.1 Å². The molecule has 1 saturated carbocycles. The quantitative estimate of drug-likeness (QED) is 0.852. The maximum atomic E-state index is 6.09. The summed E-state index contributed by atoms with van der Waals surface area (Å²) in [6.07, 6.45) is 7.49. The number of likely N-dealkylation sites (N-methyl/N-ethyl adjacent to an activating group) is 1. The van der Waals surface area contributed by atoms with Crippen LogP contribution in [0.2, 0.25) is 0 Å². The number of hydrogen-bond acceptors (Lipinski definition) is 2. The van der Waals surface area contributed by atoms with Crippen molar-refractivity contribution in [3.63, 3.8) is 0 Å². The number of hydrogen-bond donors (Lipinski definition) is 1. The second kappa shape index (κ2) is 6.80. The van der Waals surface area contributed by atoms with Crippen LogP contribution in [0.5, 0.6) is 0 Å². The average molecular weight is 352 g/mol. The van der Waals surface area contributed by atoms with Crippen molar-refractivity contribution in [2.75, 3.05) is 13.2 Å². The van der Waals surface area contributed by atoms with Gasteiger partial charge in [0.05, 0.1) is 5.60 Å². The molecule has 1 aromatic carbocycles. The lowest BCUT2D eigenvalue weighted by atomic mass is 9.70. The summed E-state index contributed by atoms with van der Waals surface area (Å²) in [6, 6.07) is 9.36. The molecule has 0 amide bonds. The molecular weight excluding hydrogens is 326 g/mol. The van der Waals surface area contributed by atoms with Gasteiger partial charge in [-0.2, -0.15) is 0 Å². The van der Waals surface area contributed by atoms with Crippen LogP contribution < -0.4 is 5.32 Å². The molecule has 0 bridgehead atoms. The molecule has 3 rings (SSSR count). The Hall–Kier alpha value is -0.380. The van der Waals surface area contributed by atoms with Gasteiger partial charge in [-0.1, -0.05) is 35.0 Å². The van der Waals surface area contributed by atoms with Gasteiger partial charge in [0.1, 0.15) is 0 Å². The summed E-state index contributed by atoms with van der Waals surface area (Å²) >= 11 is 3.52. The fraction of sp³-hybridized carbons (Fsp3) is 0.667. The molecule has 0 aromatic heterocycles. The lowest BCUT2D eigenvalue weighted by Gasteiger charge is -2.49. The highest BCUT2D eigenvalue weighted by Gasteiger charge is 2.44. The number of ether oxygens (including phenoxy) is 1. The van der Waals surface area contributed by atoms with Crippen LogP contribution >= 0.6 is 15.9 Å². The minimum Gasteiger partial charge on any atom is -0.375 e. The van der Waals surface area contributed by atoms with Crippen LogP contribution in [0.15, 0.2) is 28.7 Å². The van der Waals surface area contributed by atoms with E-state index in [0.717, 1.165) is 30.0 Å². The summed E-state index contributed by atoms with van der Waals surface area (Å²) in [6.45, 7) is 4.21. The first kappa shape index (κ1) is 15.5. The van der Waals surface area contributed by atoms with Crippen LogP contribution in [-0.2, 0) is 11.2 Å². The number of rotatable bonds is 5. The Balaban J connectivity index is 1.66. The molecule has 2 atom stereocenters. The molecular formula is C18H26BrNO. The molecule has 1 heterocycles. The summed E-state index contributed by atoms with van der Waals surface area (Å²) in [7, 11) is 0. The number of nitrogens with one attached hydrogen (secondary N) is 1. The first-order valence-corrected chi connectivity index (χ1v) is 9.12. The summed E-state index contributed by atoms with van der Waals surface area (Å²) < 4.78 is 7.25. The molecule has 1 spiro atoms. The Bertz CT molecular complexity index is 455. The van der Waals surface area contributed by atoms with Gasteiger partial charge in [-0.25, -0.2) is 0 Å². The van der Waals surface area contributed by atoms with E-state index in [9.17, 15) is 0 Å². The number of halogens is 1.